The van der Waals surface area contributed by atoms with Crippen LogP contribution in [0.4, 0.5) is 0 Å². The fourth-order valence-electron chi connectivity index (χ4n) is 3.13. The zero-order valence-corrected chi connectivity index (χ0v) is 21.1. The van der Waals surface area contributed by atoms with Crippen LogP contribution in [-0.2, 0) is 9.19 Å². The predicted molar refractivity (Wildman–Crippen MR) is 139 cm³/mol. The first kappa shape index (κ1) is 25.0. The quantitative estimate of drug-likeness (QED) is 0.172. The van der Waals surface area contributed by atoms with Crippen LogP contribution in [0.3, 0.4) is 0 Å². The van der Waals surface area contributed by atoms with Gasteiger partial charge in [-0.25, -0.2) is 0 Å². The Hall–Kier alpha value is -4.12. The number of hydrogen-bond donors (Lipinski definition) is 0. The van der Waals surface area contributed by atoms with Gasteiger partial charge in [0.15, 0.2) is 11.5 Å². The molecule has 0 N–H and O–H groups in total. The number of allylic oxidation sites excluding steroid dienone is 2. The van der Waals surface area contributed by atoms with Gasteiger partial charge in [-0.3, -0.25) is 4.62 Å². The number of nitriles is 1. The first-order valence-electron chi connectivity index (χ1n) is 10.6. The molecule has 0 saturated carbocycles. The molecule has 1 aliphatic heterocycles. The lowest BCUT2D eigenvalue weighted by Crippen LogP contribution is -2.03. The van der Waals surface area contributed by atoms with Crippen LogP contribution in [0.5, 0.6) is 23.0 Å². The number of oxime groups is 1. The largest absolute Gasteiger partial charge is 0.668 e. The van der Waals surface area contributed by atoms with E-state index in [9.17, 15) is 9.83 Å². The Kier molecular flexibility index (Phi) is 8.01. The Morgan fingerprint density at radius 1 is 0.861 bits per heavy atom. The molecule has 0 radical (unpaired) electrons. The Bertz CT molecular complexity index is 1360. The monoisotopic (exact) mass is 520 g/mol. The second kappa shape index (κ2) is 11.5. The van der Waals surface area contributed by atoms with E-state index in [1.165, 1.54) is 18.9 Å². The number of rotatable bonds is 9. The molecule has 1 aliphatic rings. The number of phosphoric ester groups is 1. The van der Waals surface area contributed by atoms with Crippen molar-refractivity contribution in [2.24, 2.45) is 5.16 Å². The van der Waals surface area contributed by atoms with E-state index in [-0.39, 0.29) is 0 Å². The van der Waals surface area contributed by atoms with E-state index >= 15 is 0 Å². The van der Waals surface area contributed by atoms with Crippen molar-refractivity contribution < 1.29 is 27.7 Å². The molecule has 8 nitrogen and oxygen atoms in total. The van der Waals surface area contributed by atoms with Crippen LogP contribution in [0.25, 0.3) is 5.57 Å². The second-order valence-electron chi connectivity index (χ2n) is 7.12. The zero-order chi connectivity index (χ0) is 25.4. The van der Waals surface area contributed by atoms with Gasteiger partial charge in [0.25, 0.3) is 0 Å². The molecule has 0 bridgehead atoms. The molecule has 0 unspecified atom stereocenters. The molecular formula is C26H21N2O6PS. The minimum atomic E-state index is -4.19. The lowest BCUT2D eigenvalue weighted by Gasteiger charge is -2.16. The summed E-state index contributed by atoms with van der Waals surface area (Å²) in [6.45, 7) is 0. The Balaban J connectivity index is 1.56. The van der Waals surface area contributed by atoms with Gasteiger partial charge >= 0.3 is 7.82 Å². The number of hydrogen-bond acceptors (Lipinski definition) is 9. The molecule has 36 heavy (non-hydrogen) atoms. The van der Waals surface area contributed by atoms with Crippen molar-refractivity contribution in [1.82, 2.24) is 0 Å². The summed E-state index contributed by atoms with van der Waals surface area (Å²) in [6, 6.07) is 24.5. The summed E-state index contributed by atoms with van der Waals surface area (Å²) in [5.74, 6) is 1.66. The number of methoxy groups -OCH3 is 2. The standard InChI is InChI=1S/C26H21N2O6PS/c1-30-23-14-13-19(17-24(23)31-2)22(18-27)25-15-16-26(36-25)28-34-35(29,32-20-9-5-3-6-10-20)33-21-11-7-4-8-12-21/h3-17H,1-2H3/b25-22-,28-26+. The minimum Gasteiger partial charge on any atom is -0.493 e. The van der Waals surface area contributed by atoms with Gasteiger partial charge in [-0.05, 0) is 60.2 Å². The fourth-order valence-corrected chi connectivity index (χ4v) is 5.07. The molecule has 1 heterocycles. The summed E-state index contributed by atoms with van der Waals surface area (Å²) < 4.78 is 40.5. The highest BCUT2D eigenvalue weighted by atomic mass is 32.2. The fraction of sp³-hybridized carbons (Fsp3) is 0.0769. The van der Waals surface area contributed by atoms with E-state index in [1.807, 2.05) is 0 Å². The third-order valence-corrected chi connectivity index (χ3v) is 6.90. The molecule has 4 rings (SSSR count). The zero-order valence-electron chi connectivity index (χ0n) is 19.4. The molecule has 0 aromatic heterocycles. The summed E-state index contributed by atoms with van der Waals surface area (Å²) >= 11 is 1.18. The van der Waals surface area contributed by atoms with Crippen molar-refractivity contribution in [3.63, 3.8) is 0 Å². The topological polar surface area (TPSA) is 99.4 Å². The van der Waals surface area contributed by atoms with E-state index < -0.39 is 7.82 Å². The van der Waals surface area contributed by atoms with Crippen LogP contribution in [0.2, 0.25) is 0 Å². The molecule has 182 valence electrons. The highest BCUT2D eigenvalue weighted by Crippen LogP contribution is 2.50. The van der Waals surface area contributed by atoms with Gasteiger partial charge in [-0.1, -0.05) is 53.3 Å². The number of thioether (sulfide) groups is 1. The molecule has 0 aliphatic carbocycles. The summed E-state index contributed by atoms with van der Waals surface area (Å²) in [5, 5.41) is 14.2. The first-order chi connectivity index (χ1) is 17.5. The van der Waals surface area contributed by atoms with E-state index in [0.29, 0.717) is 44.1 Å². The van der Waals surface area contributed by atoms with Gasteiger partial charge in [-0.2, -0.15) is 9.83 Å². The highest BCUT2D eigenvalue weighted by molar-refractivity contribution is 8.18. The van der Waals surface area contributed by atoms with Crippen LogP contribution in [0.1, 0.15) is 5.56 Å². The van der Waals surface area contributed by atoms with Gasteiger partial charge in [0.2, 0.25) is 0 Å². The molecule has 0 fully saturated rings. The van der Waals surface area contributed by atoms with E-state index in [0.717, 1.165) is 0 Å². The van der Waals surface area contributed by atoms with E-state index in [1.54, 1.807) is 98.1 Å². The number of benzene rings is 3. The van der Waals surface area contributed by atoms with Gasteiger partial charge in [0.05, 0.1) is 19.8 Å². The van der Waals surface area contributed by atoms with Gasteiger partial charge in [0, 0.05) is 4.91 Å². The Labute approximate surface area is 213 Å². The summed E-state index contributed by atoms with van der Waals surface area (Å²) in [4.78, 5) is 0.634. The predicted octanol–water partition coefficient (Wildman–Crippen LogP) is 6.84. The van der Waals surface area contributed by atoms with Crippen molar-refractivity contribution in [2.45, 2.75) is 0 Å². The van der Waals surface area contributed by atoms with Crippen LogP contribution in [0.15, 0.2) is 101 Å². The molecule has 0 atom stereocenters. The lowest BCUT2D eigenvalue weighted by molar-refractivity contribution is 0.219. The number of para-hydroxylation sites is 2. The first-order valence-corrected chi connectivity index (χ1v) is 12.9. The van der Waals surface area contributed by atoms with Gasteiger partial charge in [-0.15, -0.1) is 0 Å². The van der Waals surface area contributed by atoms with Crippen molar-refractivity contribution in [3.8, 4) is 29.1 Å². The molecule has 0 spiro atoms. The number of phosphoric acid groups is 1. The lowest BCUT2D eigenvalue weighted by atomic mass is 10.1. The average molecular weight is 521 g/mol. The maximum atomic E-state index is 13.4. The van der Waals surface area contributed by atoms with Gasteiger partial charge < -0.3 is 18.5 Å². The Morgan fingerprint density at radius 2 is 1.47 bits per heavy atom. The third-order valence-electron chi connectivity index (χ3n) is 4.77. The van der Waals surface area contributed by atoms with Crippen LogP contribution < -0.4 is 18.5 Å². The normalized spacial score (nSPS) is 15.2. The van der Waals surface area contributed by atoms with Crippen LogP contribution in [-0.4, -0.2) is 19.3 Å². The van der Waals surface area contributed by atoms with E-state index in [2.05, 4.69) is 11.2 Å². The van der Waals surface area contributed by atoms with Crippen molar-refractivity contribution >= 4 is 30.2 Å². The summed E-state index contributed by atoms with van der Waals surface area (Å²) in [5.41, 5.74) is 1.06. The third kappa shape index (κ3) is 6.11. The van der Waals surface area contributed by atoms with Crippen molar-refractivity contribution in [3.05, 3.63) is 101 Å². The van der Waals surface area contributed by atoms with Crippen LogP contribution in [0, 0.1) is 11.3 Å². The molecular weight excluding hydrogens is 499 g/mol. The highest BCUT2D eigenvalue weighted by Gasteiger charge is 2.34. The Morgan fingerprint density at radius 3 is 2.03 bits per heavy atom. The number of nitrogens with zero attached hydrogens (tertiary/aromatic N) is 2. The molecule has 0 amide bonds. The maximum absolute atomic E-state index is 13.4. The average Bonchev–Trinajstić information content (AvgIpc) is 3.37. The summed E-state index contributed by atoms with van der Waals surface area (Å²) in [6.07, 6.45) is 3.37. The second-order valence-corrected chi connectivity index (χ2v) is 9.61. The van der Waals surface area contributed by atoms with Crippen molar-refractivity contribution in [1.29, 1.82) is 5.26 Å². The van der Waals surface area contributed by atoms with Gasteiger partial charge in [0.1, 0.15) is 22.6 Å². The SMILES string of the molecule is COc1ccc(/C(C#N)=C2C=C/C(=N\OP(=O)(Oc3ccccc3)Oc3ccccc3)S/2)cc1OC. The summed E-state index contributed by atoms with van der Waals surface area (Å²) in [7, 11) is -1.12. The van der Waals surface area contributed by atoms with Crippen molar-refractivity contribution in [2.75, 3.05) is 14.2 Å². The van der Waals surface area contributed by atoms with Crippen LogP contribution >= 0.6 is 19.6 Å². The number of ether oxygens (including phenoxy) is 2. The molecule has 10 heteroatoms. The smallest absolute Gasteiger partial charge is 0.493 e. The molecule has 3 aromatic carbocycles. The molecule has 3 aromatic rings. The maximum Gasteiger partial charge on any atom is 0.668 e. The van der Waals surface area contributed by atoms with E-state index in [4.69, 9.17) is 23.1 Å². The molecule has 0 saturated heterocycles. The minimum absolute atomic E-state index is 0.299.